The monoisotopic (exact) mass is 282 g/mol. The first-order valence-electron chi connectivity index (χ1n) is 7.80. The molecular formula is C15H26N2O3. The number of nitrogens with two attached hydrogens (primary N) is 1. The third kappa shape index (κ3) is 3.95. The van der Waals surface area contributed by atoms with Crippen LogP contribution < -0.4 is 5.73 Å². The standard InChI is InChI=1S/C15H26N2O3/c16-15(8-4-1-5-9-15)10-13(18)17(11-14(19)20)12-6-2-3-7-12/h12H,1-11,16H2,(H,19,20). The van der Waals surface area contributed by atoms with Gasteiger partial charge in [0.05, 0.1) is 0 Å². The quantitative estimate of drug-likeness (QED) is 0.806. The Bertz CT molecular complexity index is 358. The molecule has 0 aromatic rings. The molecule has 2 rings (SSSR count). The highest BCUT2D eigenvalue weighted by atomic mass is 16.4. The van der Waals surface area contributed by atoms with Gasteiger partial charge in [0.25, 0.3) is 0 Å². The van der Waals surface area contributed by atoms with Gasteiger partial charge in [0, 0.05) is 18.0 Å². The van der Waals surface area contributed by atoms with Crippen LogP contribution in [0, 0.1) is 0 Å². The molecule has 0 spiro atoms. The minimum atomic E-state index is -0.931. The molecule has 0 aromatic heterocycles. The number of carbonyl (C=O) groups is 2. The van der Waals surface area contributed by atoms with Crippen LogP contribution in [0.25, 0.3) is 0 Å². The van der Waals surface area contributed by atoms with Crippen LogP contribution in [-0.2, 0) is 9.59 Å². The molecule has 2 aliphatic carbocycles. The van der Waals surface area contributed by atoms with Crippen molar-refractivity contribution in [3.8, 4) is 0 Å². The highest BCUT2D eigenvalue weighted by molar-refractivity contribution is 5.82. The fourth-order valence-electron chi connectivity index (χ4n) is 3.62. The molecule has 0 aromatic carbocycles. The van der Waals surface area contributed by atoms with Gasteiger partial charge in [-0.05, 0) is 25.7 Å². The van der Waals surface area contributed by atoms with Crippen molar-refractivity contribution in [2.24, 2.45) is 5.73 Å². The van der Waals surface area contributed by atoms with Crippen LogP contribution in [-0.4, -0.2) is 40.0 Å². The fraction of sp³-hybridized carbons (Fsp3) is 0.867. The van der Waals surface area contributed by atoms with Gasteiger partial charge in [-0.2, -0.15) is 0 Å². The summed E-state index contributed by atoms with van der Waals surface area (Å²) in [5, 5.41) is 9.04. The number of hydrogen-bond acceptors (Lipinski definition) is 3. The molecule has 0 bridgehead atoms. The largest absolute Gasteiger partial charge is 0.480 e. The van der Waals surface area contributed by atoms with Gasteiger partial charge in [0.1, 0.15) is 6.54 Å². The maximum Gasteiger partial charge on any atom is 0.323 e. The average molecular weight is 282 g/mol. The lowest BCUT2D eigenvalue weighted by Crippen LogP contribution is -2.50. The average Bonchev–Trinajstić information content (AvgIpc) is 2.89. The lowest BCUT2D eigenvalue weighted by molar-refractivity contribution is -0.147. The van der Waals surface area contributed by atoms with Crippen molar-refractivity contribution < 1.29 is 14.7 Å². The Morgan fingerprint density at radius 1 is 1.10 bits per heavy atom. The molecule has 5 nitrogen and oxygen atoms in total. The number of amides is 1. The van der Waals surface area contributed by atoms with E-state index in [4.69, 9.17) is 10.8 Å². The molecule has 2 fully saturated rings. The Balaban J connectivity index is 1.99. The Labute approximate surface area is 120 Å². The van der Waals surface area contributed by atoms with Crippen molar-refractivity contribution in [2.45, 2.75) is 75.8 Å². The summed E-state index contributed by atoms with van der Waals surface area (Å²) in [6, 6.07) is 0.103. The first-order valence-corrected chi connectivity index (χ1v) is 7.80. The Morgan fingerprint density at radius 2 is 1.70 bits per heavy atom. The van der Waals surface area contributed by atoms with E-state index >= 15 is 0 Å². The van der Waals surface area contributed by atoms with E-state index in [0.717, 1.165) is 51.4 Å². The second-order valence-corrected chi connectivity index (χ2v) is 6.45. The van der Waals surface area contributed by atoms with E-state index in [-0.39, 0.29) is 18.5 Å². The second-order valence-electron chi connectivity index (χ2n) is 6.45. The lowest BCUT2D eigenvalue weighted by atomic mass is 9.80. The van der Waals surface area contributed by atoms with Gasteiger partial charge in [0.15, 0.2) is 0 Å². The van der Waals surface area contributed by atoms with Crippen LogP contribution in [0.2, 0.25) is 0 Å². The van der Waals surface area contributed by atoms with Crippen LogP contribution in [0.3, 0.4) is 0 Å². The zero-order chi connectivity index (χ0) is 14.6. The van der Waals surface area contributed by atoms with Gasteiger partial charge in [-0.3, -0.25) is 9.59 Å². The van der Waals surface area contributed by atoms with E-state index < -0.39 is 11.5 Å². The lowest BCUT2D eigenvalue weighted by Gasteiger charge is -2.36. The Kier molecular flexibility index (Phi) is 5.02. The summed E-state index contributed by atoms with van der Waals surface area (Å²) in [5.41, 5.74) is 5.92. The van der Waals surface area contributed by atoms with Crippen molar-refractivity contribution in [2.75, 3.05) is 6.54 Å². The zero-order valence-electron chi connectivity index (χ0n) is 12.1. The van der Waals surface area contributed by atoms with Crippen molar-refractivity contribution in [1.82, 2.24) is 4.90 Å². The summed E-state index contributed by atoms with van der Waals surface area (Å²) in [5.74, 6) is -0.997. The SMILES string of the molecule is NC1(CC(=O)N(CC(=O)O)C2CCCC2)CCCCC1. The maximum absolute atomic E-state index is 12.5. The predicted octanol–water partition coefficient (Wildman–Crippen LogP) is 1.89. The molecule has 0 unspecified atom stereocenters. The first kappa shape index (κ1) is 15.3. The number of nitrogens with zero attached hydrogens (tertiary/aromatic N) is 1. The molecule has 0 aliphatic heterocycles. The third-order valence-electron chi connectivity index (χ3n) is 4.74. The number of carboxylic acid groups (broad SMARTS) is 1. The number of carbonyl (C=O) groups excluding carboxylic acids is 1. The third-order valence-corrected chi connectivity index (χ3v) is 4.74. The van der Waals surface area contributed by atoms with Crippen molar-refractivity contribution in [3.63, 3.8) is 0 Å². The number of hydrogen-bond donors (Lipinski definition) is 2. The molecule has 2 aliphatic rings. The molecule has 0 atom stereocenters. The van der Waals surface area contributed by atoms with Gasteiger partial charge < -0.3 is 15.7 Å². The molecule has 3 N–H and O–H groups in total. The molecule has 5 heteroatoms. The van der Waals surface area contributed by atoms with E-state index in [1.54, 1.807) is 4.90 Å². The molecular weight excluding hydrogens is 256 g/mol. The molecule has 20 heavy (non-hydrogen) atoms. The van der Waals surface area contributed by atoms with Crippen LogP contribution in [0.5, 0.6) is 0 Å². The fourth-order valence-corrected chi connectivity index (χ4v) is 3.62. The molecule has 0 heterocycles. The van der Waals surface area contributed by atoms with Gasteiger partial charge in [-0.1, -0.05) is 32.1 Å². The Morgan fingerprint density at radius 3 is 2.25 bits per heavy atom. The van der Waals surface area contributed by atoms with Crippen molar-refractivity contribution >= 4 is 11.9 Å². The van der Waals surface area contributed by atoms with Crippen LogP contribution in [0.15, 0.2) is 0 Å². The van der Waals surface area contributed by atoms with Gasteiger partial charge >= 0.3 is 5.97 Å². The number of rotatable bonds is 5. The first-order chi connectivity index (χ1) is 9.50. The van der Waals surface area contributed by atoms with Crippen LogP contribution in [0.1, 0.15) is 64.2 Å². The summed E-state index contributed by atoms with van der Waals surface area (Å²) in [7, 11) is 0. The molecule has 1 amide bonds. The number of carboxylic acids is 1. The number of aliphatic carboxylic acids is 1. The zero-order valence-corrected chi connectivity index (χ0v) is 12.1. The highest BCUT2D eigenvalue weighted by Gasteiger charge is 2.35. The second kappa shape index (κ2) is 6.57. The van der Waals surface area contributed by atoms with Crippen molar-refractivity contribution in [1.29, 1.82) is 0 Å². The van der Waals surface area contributed by atoms with E-state index in [9.17, 15) is 9.59 Å². The predicted molar refractivity (Wildman–Crippen MR) is 76.2 cm³/mol. The summed E-state index contributed by atoms with van der Waals surface area (Å²) >= 11 is 0. The minimum absolute atomic E-state index is 0.0660. The smallest absolute Gasteiger partial charge is 0.323 e. The minimum Gasteiger partial charge on any atom is -0.480 e. The highest BCUT2D eigenvalue weighted by Crippen LogP contribution is 2.31. The normalized spacial score (nSPS) is 22.6. The van der Waals surface area contributed by atoms with E-state index in [2.05, 4.69) is 0 Å². The Hall–Kier alpha value is -1.10. The summed E-state index contributed by atoms with van der Waals surface area (Å²) in [6.07, 6.45) is 9.43. The molecule has 0 saturated heterocycles. The maximum atomic E-state index is 12.5. The van der Waals surface area contributed by atoms with Gasteiger partial charge in [-0.25, -0.2) is 0 Å². The van der Waals surface area contributed by atoms with Crippen LogP contribution >= 0.6 is 0 Å². The van der Waals surface area contributed by atoms with E-state index in [0.29, 0.717) is 6.42 Å². The van der Waals surface area contributed by atoms with Crippen molar-refractivity contribution in [3.05, 3.63) is 0 Å². The van der Waals surface area contributed by atoms with Gasteiger partial charge in [-0.15, -0.1) is 0 Å². The van der Waals surface area contributed by atoms with E-state index in [1.165, 1.54) is 6.42 Å². The molecule has 114 valence electrons. The molecule has 2 saturated carbocycles. The summed E-state index contributed by atoms with van der Waals surface area (Å²) < 4.78 is 0. The summed E-state index contributed by atoms with van der Waals surface area (Å²) in [6.45, 7) is -0.181. The van der Waals surface area contributed by atoms with Gasteiger partial charge in [0.2, 0.25) is 5.91 Å². The topological polar surface area (TPSA) is 83.6 Å². The van der Waals surface area contributed by atoms with Crippen LogP contribution in [0.4, 0.5) is 0 Å². The summed E-state index contributed by atoms with van der Waals surface area (Å²) in [4.78, 5) is 25.1. The molecule has 0 radical (unpaired) electrons. The van der Waals surface area contributed by atoms with E-state index in [1.807, 2.05) is 0 Å².